The van der Waals surface area contributed by atoms with Crippen LogP contribution in [0, 0.1) is 6.92 Å². The van der Waals surface area contributed by atoms with Crippen molar-refractivity contribution in [1.29, 1.82) is 0 Å². The topological polar surface area (TPSA) is 78.9 Å². The number of hydrogen-bond donors (Lipinski definition) is 2. The van der Waals surface area contributed by atoms with Gasteiger partial charge in [-0.2, -0.15) is 0 Å². The number of unbranched alkanes of at least 4 members (excludes halogenated alkanes) is 1. The van der Waals surface area contributed by atoms with E-state index in [2.05, 4.69) is 15.0 Å². The third-order valence-electron chi connectivity index (χ3n) is 2.97. The fourth-order valence-corrected chi connectivity index (χ4v) is 1.88. The Morgan fingerprint density at radius 3 is 2.89 bits per heavy atom. The summed E-state index contributed by atoms with van der Waals surface area (Å²) in [4.78, 5) is 22.9. The average Bonchev–Trinajstić information content (AvgIpc) is 2.41. The van der Waals surface area contributed by atoms with Crippen LogP contribution < -0.4 is 5.56 Å². The highest BCUT2D eigenvalue weighted by Crippen LogP contribution is 2.19. The second-order valence-corrected chi connectivity index (χ2v) is 4.48. The molecule has 100 valence electrons. The molecule has 0 saturated heterocycles. The molecule has 2 aromatic rings. The zero-order valence-electron chi connectivity index (χ0n) is 11.1. The van der Waals surface area contributed by atoms with Crippen LogP contribution in [0.5, 0.6) is 5.75 Å². The minimum Gasteiger partial charge on any atom is -0.502 e. The molecule has 0 bridgehead atoms. The van der Waals surface area contributed by atoms with Crippen LogP contribution in [0.1, 0.15) is 31.0 Å². The first-order valence-corrected chi connectivity index (χ1v) is 6.37. The van der Waals surface area contributed by atoms with Gasteiger partial charge in [0, 0.05) is 6.20 Å². The molecule has 0 aliphatic heterocycles. The number of aromatic hydroxyl groups is 1. The van der Waals surface area contributed by atoms with Crippen molar-refractivity contribution >= 4 is 0 Å². The highest BCUT2D eigenvalue weighted by atomic mass is 16.3. The summed E-state index contributed by atoms with van der Waals surface area (Å²) in [5, 5.41) is 9.74. The van der Waals surface area contributed by atoms with Gasteiger partial charge in [0.05, 0.1) is 5.69 Å². The van der Waals surface area contributed by atoms with Crippen LogP contribution in [0.3, 0.4) is 0 Å². The predicted octanol–water partition coefficient (Wildman–Crippen LogP) is 2.19. The van der Waals surface area contributed by atoms with Crippen LogP contribution in [0.25, 0.3) is 11.5 Å². The minimum absolute atomic E-state index is 0.286. The van der Waals surface area contributed by atoms with Crippen molar-refractivity contribution in [3.63, 3.8) is 0 Å². The van der Waals surface area contributed by atoms with Gasteiger partial charge in [0.25, 0.3) is 5.56 Å². The van der Waals surface area contributed by atoms with Gasteiger partial charge in [-0.15, -0.1) is 0 Å². The summed E-state index contributed by atoms with van der Waals surface area (Å²) in [6.07, 6.45) is 4.10. The van der Waals surface area contributed by atoms with Crippen molar-refractivity contribution in [2.24, 2.45) is 0 Å². The summed E-state index contributed by atoms with van der Waals surface area (Å²) in [6, 6.07) is 3.73. The van der Waals surface area contributed by atoms with Crippen molar-refractivity contribution in [1.82, 2.24) is 15.0 Å². The molecule has 2 heterocycles. The van der Waals surface area contributed by atoms with Crippen molar-refractivity contribution in [3.05, 3.63) is 39.9 Å². The predicted molar refractivity (Wildman–Crippen MR) is 73.1 cm³/mol. The lowest BCUT2D eigenvalue weighted by Crippen LogP contribution is -2.13. The first kappa shape index (κ1) is 13.3. The zero-order valence-corrected chi connectivity index (χ0v) is 11.1. The van der Waals surface area contributed by atoms with E-state index in [9.17, 15) is 9.90 Å². The van der Waals surface area contributed by atoms with E-state index in [4.69, 9.17) is 0 Å². The Morgan fingerprint density at radius 2 is 2.21 bits per heavy atom. The molecule has 0 aromatic carbocycles. The molecule has 5 nitrogen and oxygen atoms in total. The first-order chi connectivity index (χ1) is 9.13. The number of hydrogen-bond acceptors (Lipinski definition) is 4. The third kappa shape index (κ3) is 2.81. The van der Waals surface area contributed by atoms with E-state index < -0.39 is 5.56 Å². The van der Waals surface area contributed by atoms with Crippen LogP contribution in [0.4, 0.5) is 0 Å². The number of rotatable bonds is 4. The maximum absolute atomic E-state index is 11.7. The van der Waals surface area contributed by atoms with E-state index in [0.29, 0.717) is 23.6 Å². The molecule has 5 heteroatoms. The van der Waals surface area contributed by atoms with Crippen LogP contribution in [-0.4, -0.2) is 20.1 Å². The second kappa shape index (κ2) is 5.65. The summed E-state index contributed by atoms with van der Waals surface area (Å²) in [6.45, 7) is 3.95. The molecular formula is C14H17N3O2. The molecule has 19 heavy (non-hydrogen) atoms. The molecule has 0 amide bonds. The van der Waals surface area contributed by atoms with Gasteiger partial charge in [-0.05, 0) is 31.4 Å². The lowest BCUT2D eigenvalue weighted by molar-refractivity contribution is 0.453. The second-order valence-electron chi connectivity index (χ2n) is 4.48. The lowest BCUT2D eigenvalue weighted by atomic mass is 10.1. The number of pyridine rings is 1. The van der Waals surface area contributed by atoms with E-state index in [1.54, 1.807) is 6.20 Å². The van der Waals surface area contributed by atoms with Crippen molar-refractivity contribution in [2.45, 2.75) is 33.1 Å². The molecule has 0 atom stereocenters. The maximum atomic E-state index is 11.7. The summed E-state index contributed by atoms with van der Waals surface area (Å²) in [7, 11) is 0. The molecule has 0 aliphatic rings. The molecule has 0 unspecified atom stereocenters. The Morgan fingerprint density at radius 1 is 1.42 bits per heavy atom. The van der Waals surface area contributed by atoms with Crippen LogP contribution in [0.15, 0.2) is 23.1 Å². The third-order valence-corrected chi connectivity index (χ3v) is 2.97. The molecule has 2 rings (SSSR count). The Bertz CT molecular complexity index is 635. The Kier molecular flexibility index (Phi) is 3.94. The minimum atomic E-state index is -0.513. The molecular weight excluding hydrogens is 242 g/mol. The number of aromatic nitrogens is 3. The molecule has 0 saturated carbocycles. The van der Waals surface area contributed by atoms with E-state index in [1.807, 2.05) is 26.0 Å². The van der Waals surface area contributed by atoms with E-state index in [-0.39, 0.29) is 5.75 Å². The largest absolute Gasteiger partial charge is 0.502 e. The highest BCUT2D eigenvalue weighted by Gasteiger charge is 2.13. The van der Waals surface area contributed by atoms with Crippen molar-refractivity contribution in [3.8, 4) is 17.3 Å². The van der Waals surface area contributed by atoms with Gasteiger partial charge in [0.2, 0.25) is 5.75 Å². The van der Waals surface area contributed by atoms with Gasteiger partial charge in [-0.3, -0.25) is 9.78 Å². The summed E-state index contributed by atoms with van der Waals surface area (Å²) < 4.78 is 0. The molecule has 0 aliphatic carbocycles. The van der Waals surface area contributed by atoms with Gasteiger partial charge < -0.3 is 10.1 Å². The molecule has 2 aromatic heterocycles. The Labute approximate surface area is 111 Å². The monoisotopic (exact) mass is 259 g/mol. The summed E-state index contributed by atoms with van der Waals surface area (Å²) in [5.74, 6) is 0.123. The molecule has 0 fully saturated rings. The standard InChI is InChI=1S/C14H17N3O2/c1-3-4-7-10-12(18)14(19)17-13(16-10)11-9(2)6-5-8-15-11/h5-6,8,18H,3-4,7H2,1-2H3,(H,16,17,19). The number of nitrogens with zero attached hydrogens (tertiary/aromatic N) is 2. The van der Waals surface area contributed by atoms with Gasteiger partial charge in [-0.1, -0.05) is 19.4 Å². The fraction of sp³-hybridized carbons (Fsp3) is 0.357. The SMILES string of the molecule is CCCCc1nc(-c2ncccc2C)[nH]c(=O)c1O. The number of nitrogens with one attached hydrogen (secondary N) is 1. The van der Waals surface area contributed by atoms with Crippen molar-refractivity contribution in [2.75, 3.05) is 0 Å². The molecule has 0 radical (unpaired) electrons. The van der Waals surface area contributed by atoms with E-state index >= 15 is 0 Å². The summed E-state index contributed by atoms with van der Waals surface area (Å²) >= 11 is 0. The highest BCUT2D eigenvalue weighted by molar-refractivity contribution is 5.54. The number of H-pyrrole nitrogens is 1. The summed E-state index contributed by atoms with van der Waals surface area (Å²) in [5.41, 5.74) is 1.49. The van der Waals surface area contributed by atoms with Gasteiger partial charge in [-0.25, -0.2) is 4.98 Å². The number of aryl methyl sites for hydroxylation is 2. The normalized spacial score (nSPS) is 10.6. The van der Waals surface area contributed by atoms with Crippen LogP contribution in [-0.2, 0) is 6.42 Å². The van der Waals surface area contributed by atoms with Crippen molar-refractivity contribution < 1.29 is 5.11 Å². The Balaban J connectivity index is 2.51. The van der Waals surface area contributed by atoms with Gasteiger partial charge >= 0.3 is 0 Å². The fourth-order valence-electron chi connectivity index (χ4n) is 1.88. The first-order valence-electron chi connectivity index (χ1n) is 6.37. The van der Waals surface area contributed by atoms with Gasteiger partial charge in [0.15, 0.2) is 5.82 Å². The lowest BCUT2D eigenvalue weighted by Gasteiger charge is -2.07. The maximum Gasteiger partial charge on any atom is 0.293 e. The Hall–Kier alpha value is -2.17. The van der Waals surface area contributed by atoms with Gasteiger partial charge in [0.1, 0.15) is 5.69 Å². The average molecular weight is 259 g/mol. The van der Waals surface area contributed by atoms with Crippen LogP contribution in [0.2, 0.25) is 0 Å². The quantitative estimate of drug-likeness (QED) is 0.882. The van der Waals surface area contributed by atoms with E-state index in [1.165, 1.54) is 0 Å². The smallest absolute Gasteiger partial charge is 0.293 e. The van der Waals surface area contributed by atoms with E-state index in [0.717, 1.165) is 18.4 Å². The van der Waals surface area contributed by atoms with Crippen LogP contribution >= 0.6 is 0 Å². The number of aromatic amines is 1. The molecule has 0 spiro atoms. The zero-order chi connectivity index (χ0) is 13.8. The molecule has 2 N–H and O–H groups in total.